The van der Waals surface area contributed by atoms with Gasteiger partial charge in [0.2, 0.25) is 5.91 Å². The van der Waals surface area contributed by atoms with Gasteiger partial charge in [0.05, 0.1) is 29.7 Å². The Hall–Kier alpha value is -2.42. The first-order valence-electron chi connectivity index (χ1n) is 9.46. The van der Waals surface area contributed by atoms with Gasteiger partial charge in [-0.05, 0) is 41.0 Å². The van der Waals surface area contributed by atoms with Gasteiger partial charge in [0.1, 0.15) is 12.0 Å². The van der Waals surface area contributed by atoms with Gasteiger partial charge in [-0.2, -0.15) is 13.2 Å². The van der Waals surface area contributed by atoms with Crippen molar-refractivity contribution in [2.45, 2.75) is 24.8 Å². The molecule has 0 aromatic heterocycles. The second kappa shape index (κ2) is 8.17. The number of carbonyl (C=O) groups excluding carboxylic acids is 2. The lowest BCUT2D eigenvalue weighted by molar-refractivity contribution is -0.185. The molecule has 0 N–H and O–H groups in total. The summed E-state index contributed by atoms with van der Waals surface area (Å²) < 4.78 is 56.6. The Labute approximate surface area is 190 Å². The van der Waals surface area contributed by atoms with Crippen LogP contribution in [0.2, 0.25) is 10.0 Å². The third-order valence-electron chi connectivity index (χ3n) is 5.41. The van der Waals surface area contributed by atoms with Crippen LogP contribution < -0.4 is 0 Å². The van der Waals surface area contributed by atoms with Gasteiger partial charge in [0.15, 0.2) is 11.6 Å². The van der Waals surface area contributed by atoms with Crippen molar-refractivity contribution in [3.63, 3.8) is 0 Å². The summed E-state index contributed by atoms with van der Waals surface area (Å²) in [6.45, 7) is 0.257. The lowest BCUT2D eigenvalue weighted by atomic mass is 9.84. The highest BCUT2D eigenvalue weighted by molar-refractivity contribution is 6.35. The van der Waals surface area contributed by atoms with Crippen LogP contribution in [0.5, 0.6) is 0 Å². The first kappa shape index (κ1) is 22.8. The molecule has 0 radical (unpaired) electrons. The summed E-state index contributed by atoms with van der Waals surface area (Å²) in [5.41, 5.74) is 1.49. The lowest BCUT2D eigenvalue weighted by Crippen LogP contribution is -2.61. The summed E-state index contributed by atoms with van der Waals surface area (Å²) >= 11 is 11.5. The second-order valence-corrected chi connectivity index (χ2v) is 8.51. The standard InChI is InChI=1S/C22H15Cl2F4NO3/c23-16-5-12(6-17(24)20(16)25)1-4-18(30)13-2-3-15-14(7-13)9-32-21(15)10-29(11-21)19(31)8-22(26,27)28/h1-7H,8-11H2/b4-1+. The molecule has 0 saturated carbocycles. The normalized spacial score (nSPS) is 17.0. The molecule has 0 aliphatic carbocycles. The maximum absolute atomic E-state index is 13.5. The first-order chi connectivity index (χ1) is 15.0. The fourth-order valence-corrected chi connectivity index (χ4v) is 4.34. The number of ketones is 1. The van der Waals surface area contributed by atoms with Crippen molar-refractivity contribution in [3.8, 4) is 0 Å². The summed E-state index contributed by atoms with van der Waals surface area (Å²) in [5, 5.41) is -0.319. The van der Waals surface area contributed by atoms with Gasteiger partial charge < -0.3 is 9.64 Å². The number of hydrogen-bond donors (Lipinski definition) is 0. The molecule has 2 aromatic rings. The summed E-state index contributed by atoms with van der Waals surface area (Å²) in [4.78, 5) is 25.4. The van der Waals surface area contributed by atoms with E-state index in [1.54, 1.807) is 18.2 Å². The average molecular weight is 488 g/mol. The number of hydrogen-bond acceptors (Lipinski definition) is 3. The van der Waals surface area contributed by atoms with E-state index in [2.05, 4.69) is 0 Å². The molecule has 0 atom stereocenters. The molecule has 1 saturated heterocycles. The minimum absolute atomic E-state index is 0.0359. The van der Waals surface area contributed by atoms with E-state index in [0.717, 1.165) is 16.0 Å². The zero-order chi connectivity index (χ0) is 23.3. The van der Waals surface area contributed by atoms with Crippen LogP contribution in [0, 0.1) is 5.82 Å². The van der Waals surface area contributed by atoms with Crippen LogP contribution in [0.3, 0.4) is 0 Å². The third kappa shape index (κ3) is 4.40. The molecule has 32 heavy (non-hydrogen) atoms. The Balaban J connectivity index is 1.45. The first-order valence-corrected chi connectivity index (χ1v) is 10.2. The van der Waals surface area contributed by atoms with Crippen molar-refractivity contribution in [1.29, 1.82) is 0 Å². The number of amides is 1. The zero-order valence-electron chi connectivity index (χ0n) is 16.3. The third-order valence-corrected chi connectivity index (χ3v) is 5.96. The minimum atomic E-state index is -4.55. The number of allylic oxidation sites excluding steroid dienone is 1. The van der Waals surface area contributed by atoms with Gasteiger partial charge in [-0.1, -0.05) is 41.4 Å². The Bertz CT molecular complexity index is 1120. The van der Waals surface area contributed by atoms with Gasteiger partial charge in [0.25, 0.3) is 0 Å². The molecule has 1 amide bonds. The summed E-state index contributed by atoms with van der Waals surface area (Å²) in [7, 11) is 0. The van der Waals surface area contributed by atoms with Gasteiger partial charge in [-0.15, -0.1) is 0 Å². The molecule has 2 aromatic carbocycles. The summed E-state index contributed by atoms with van der Waals surface area (Å²) in [6.07, 6.45) is -3.29. The molecular formula is C22H15Cl2F4NO3. The van der Waals surface area contributed by atoms with E-state index in [1.807, 2.05) is 0 Å². The van der Waals surface area contributed by atoms with Crippen LogP contribution in [0.15, 0.2) is 36.4 Å². The predicted molar refractivity (Wildman–Crippen MR) is 110 cm³/mol. The van der Waals surface area contributed by atoms with Crippen molar-refractivity contribution in [2.24, 2.45) is 0 Å². The molecule has 0 bridgehead atoms. The number of likely N-dealkylation sites (tertiary alicyclic amines) is 1. The number of rotatable bonds is 4. The largest absolute Gasteiger partial charge is 0.397 e. The zero-order valence-corrected chi connectivity index (χ0v) is 17.8. The molecule has 10 heteroatoms. The molecule has 168 valence electrons. The minimum Gasteiger partial charge on any atom is -0.362 e. The summed E-state index contributed by atoms with van der Waals surface area (Å²) in [5.74, 6) is -2.04. The molecule has 2 heterocycles. The van der Waals surface area contributed by atoms with Crippen molar-refractivity contribution < 1.29 is 31.9 Å². The van der Waals surface area contributed by atoms with Crippen LogP contribution >= 0.6 is 23.2 Å². The van der Waals surface area contributed by atoms with Crippen molar-refractivity contribution in [2.75, 3.05) is 13.1 Å². The smallest absolute Gasteiger partial charge is 0.362 e. The van der Waals surface area contributed by atoms with Crippen LogP contribution in [0.4, 0.5) is 17.6 Å². The molecule has 1 fully saturated rings. The monoisotopic (exact) mass is 487 g/mol. The number of alkyl halides is 3. The Morgan fingerprint density at radius 2 is 1.78 bits per heavy atom. The SMILES string of the molecule is O=C(/C=C/c1cc(Cl)c(F)c(Cl)c1)c1ccc2c(c1)COC21CN(C(=O)CC(F)(F)F)C1. The van der Waals surface area contributed by atoms with E-state index in [9.17, 15) is 27.2 Å². The maximum Gasteiger partial charge on any atom is 0.397 e. The Morgan fingerprint density at radius 1 is 1.12 bits per heavy atom. The van der Waals surface area contributed by atoms with E-state index in [-0.39, 0.29) is 35.5 Å². The molecule has 2 aliphatic rings. The van der Waals surface area contributed by atoms with Crippen molar-refractivity contribution in [1.82, 2.24) is 4.90 Å². The molecular weight excluding hydrogens is 473 g/mol. The number of carbonyl (C=O) groups is 2. The van der Waals surface area contributed by atoms with Crippen molar-refractivity contribution >= 4 is 41.0 Å². The predicted octanol–water partition coefficient (Wildman–Crippen LogP) is 5.55. The van der Waals surface area contributed by atoms with E-state index in [1.165, 1.54) is 24.3 Å². The highest BCUT2D eigenvalue weighted by atomic mass is 35.5. The molecule has 0 unspecified atom stereocenters. The van der Waals surface area contributed by atoms with Crippen LogP contribution in [-0.2, 0) is 21.7 Å². The molecule has 1 spiro atoms. The van der Waals surface area contributed by atoms with E-state index >= 15 is 0 Å². The van der Waals surface area contributed by atoms with Crippen LogP contribution in [-0.4, -0.2) is 35.9 Å². The average Bonchev–Trinajstić information content (AvgIpc) is 3.06. The van der Waals surface area contributed by atoms with E-state index in [0.29, 0.717) is 11.1 Å². The number of fused-ring (bicyclic) bond motifs is 2. The highest BCUT2D eigenvalue weighted by Gasteiger charge is 2.52. The number of halogens is 6. The maximum atomic E-state index is 13.5. The van der Waals surface area contributed by atoms with Gasteiger partial charge >= 0.3 is 6.18 Å². The molecule has 4 rings (SSSR count). The van der Waals surface area contributed by atoms with Crippen LogP contribution in [0.1, 0.15) is 33.5 Å². The Morgan fingerprint density at radius 3 is 2.41 bits per heavy atom. The lowest BCUT2D eigenvalue weighted by Gasteiger charge is -2.47. The second-order valence-electron chi connectivity index (χ2n) is 7.69. The van der Waals surface area contributed by atoms with E-state index < -0.39 is 29.9 Å². The van der Waals surface area contributed by atoms with E-state index in [4.69, 9.17) is 27.9 Å². The molecule has 4 nitrogen and oxygen atoms in total. The van der Waals surface area contributed by atoms with Gasteiger partial charge in [-0.3, -0.25) is 9.59 Å². The number of ether oxygens (including phenoxy) is 1. The van der Waals surface area contributed by atoms with Crippen molar-refractivity contribution in [3.05, 3.63) is 74.5 Å². The topological polar surface area (TPSA) is 46.6 Å². The highest BCUT2D eigenvalue weighted by Crippen LogP contribution is 2.44. The van der Waals surface area contributed by atoms with Crippen LogP contribution in [0.25, 0.3) is 6.08 Å². The summed E-state index contributed by atoms with van der Waals surface area (Å²) in [6, 6.07) is 7.62. The van der Waals surface area contributed by atoms with Gasteiger partial charge in [0, 0.05) is 5.56 Å². The fourth-order valence-electron chi connectivity index (χ4n) is 3.84. The Kier molecular flexibility index (Phi) is 5.81. The quantitative estimate of drug-likeness (QED) is 0.246. The van der Waals surface area contributed by atoms with Gasteiger partial charge in [-0.25, -0.2) is 4.39 Å². The molecule has 2 aliphatic heterocycles. The fraction of sp³-hybridized carbons (Fsp3) is 0.273. The number of benzene rings is 2. The number of nitrogens with zero attached hydrogens (tertiary/aromatic N) is 1.